The van der Waals surface area contributed by atoms with Gasteiger partial charge < -0.3 is 5.32 Å². The molecule has 0 aliphatic carbocycles. The molecule has 0 saturated heterocycles. The Labute approximate surface area is 122 Å². The highest BCUT2D eigenvalue weighted by Gasteiger charge is 2.01. The van der Waals surface area contributed by atoms with E-state index in [-0.39, 0.29) is 0 Å². The lowest BCUT2D eigenvalue weighted by Crippen LogP contribution is -2.19. The fourth-order valence-corrected chi connectivity index (χ4v) is 2.96. The van der Waals surface area contributed by atoms with Crippen LogP contribution in [0.3, 0.4) is 0 Å². The average Bonchev–Trinajstić information content (AvgIpc) is 3.16. The Kier molecular flexibility index (Phi) is 4.25. The molecule has 3 rings (SSSR count). The van der Waals surface area contributed by atoms with Gasteiger partial charge in [-0.25, -0.2) is 0 Å². The first-order valence-electron chi connectivity index (χ1n) is 6.73. The lowest BCUT2D eigenvalue weighted by Gasteiger charge is -2.03. The highest BCUT2D eigenvalue weighted by atomic mass is 32.1. The number of hydrogen-bond donors (Lipinski definition) is 1. The summed E-state index contributed by atoms with van der Waals surface area (Å²) in [6, 6.07) is 14.7. The van der Waals surface area contributed by atoms with Gasteiger partial charge in [-0.2, -0.15) is 5.10 Å². The normalized spacial score (nSPS) is 10.8. The Morgan fingerprint density at radius 1 is 1.10 bits per heavy atom. The molecule has 0 radical (unpaired) electrons. The number of nitrogens with one attached hydrogen (secondary N) is 1. The maximum absolute atomic E-state index is 4.18. The van der Waals surface area contributed by atoms with Gasteiger partial charge in [-0.15, -0.1) is 11.3 Å². The highest BCUT2D eigenvalue weighted by Crippen LogP contribution is 2.25. The summed E-state index contributed by atoms with van der Waals surface area (Å²) in [4.78, 5) is 1.37. The smallest absolute Gasteiger partial charge is 0.0534 e. The third-order valence-corrected chi connectivity index (χ3v) is 4.07. The summed E-state index contributed by atoms with van der Waals surface area (Å²) in [5.41, 5.74) is 2.59. The Morgan fingerprint density at radius 3 is 2.80 bits per heavy atom. The molecule has 0 amide bonds. The number of rotatable bonds is 6. The lowest BCUT2D eigenvalue weighted by atomic mass is 10.1. The van der Waals surface area contributed by atoms with Crippen LogP contribution in [0.15, 0.2) is 60.2 Å². The fraction of sp³-hybridized carbons (Fsp3) is 0.188. The van der Waals surface area contributed by atoms with Gasteiger partial charge in [0, 0.05) is 30.4 Å². The molecule has 0 aliphatic heterocycles. The molecule has 2 aromatic heterocycles. The van der Waals surface area contributed by atoms with Crippen LogP contribution in [0.1, 0.15) is 4.88 Å². The Bertz CT molecular complexity index is 629. The molecule has 102 valence electrons. The van der Waals surface area contributed by atoms with Gasteiger partial charge in [-0.05, 0) is 28.6 Å². The molecule has 0 aliphatic rings. The second kappa shape index (κ2) is 6.50. The van der Waals surface area contributed by atoms with Gasteiger partial charge in [0.25, 0.3) is 0 Å². The summed E-state index contributed by atoms with van der Waals surface area (Å²) in [7, 11) is 0. The summed E-state index contributed by atoms with van der Waals surface area (Å²) in [6.07, 6.45) is 3.80. The summed E-state index contributed by atoms with van der Waals surface area (Å²) < 4.78 is 1.94. The Balaban J connectivity index is 1.50. The number of aromatic nitrogens is 2. The summed E-state index contributed by atoms with van der Waals surface area (Å²) in [5, 5.41) is 9.86. The number of hydrogen-bond acceptors (Lipinski definition) is 3. The standard InChI is InChI=1S/C16H17N3S/c1-2-5-14(6-3-1)15-11-16(20-13-15)12-17-8-10-19-9-4-7-18-19/h1-7,9,11,13,17H,8,10,12H2. The number of benzene rings is 1. The van der Waals surface area contributed by atoms with Crippen LogP contribution in [-0.2, 0) is 13.1 Å². The van der Waals surface area contributed by atoms with Gasteiger partial charge >= 0.3 is 0 Å². The molecule has 0 saturated carbocycles. The second-order valence-corrected chi connectivity index (χ2v) is 5.61. The van der Waals surface area contributed by atoms with E-state index in [9.17, 15) is 0 Å². The molecule has 3 nitrogen and oxygen atoms in total. The highest BCUT2D eigenvalue weighted by molar-refractivity contribution is 7.10. The molecule has 3 aromatic rings. The Morgan fingerprint density at radius 2 is 2.00 bits per heavy atom. The number of nitrogens with zero attached hydrogens (tertiary/aromatic N) is 2. The van der Waals surface area contributed by atoms with Crippen molar-refractivity contribution in [1.82, 2.24) is 15.1 Å². The fourth-order valence-electron chi connectivity index (χ4n) is 2.09. The molecule has 4 heteroatoms. The van der Waals surface area contributed by atoms with Crippen LogP contribution in [0.25, 0.3) is 11.1 Å². The van der Waals surface area contributed by atoms with E-state index in [1.54, 1.807) is 0 Å². The van der Waals surface area contributed by atoms with Crippen molar-refractivity contribution in [1.29, 1.82) is 0 Å². The van der Waals surface area contributed by atoms with Crippen molar-refractivity contribution in [2.24, 2.45) is 0 Å². The van der Waals surface area contributed by atoms with E-state index in [1.807, 2.05) is 40.5 Å². The molecule has 0 spiro atoms. The average molecular weight is 283 g/mol. The van der Waals surface area contributed by atoms with E-state index in [0.717, 1.165) is 19.6 Å². The zero-order valence-corrected chi connectivity index (χ0v) is 12.0. The van der Waals surface area contributed by atoms with Gasteiger partial charge in [0.15, 0.2) is 0 Å². The minimum atomic E-state index is 0.907. The van der Waals surface area contributed by atoms with Crippen LogP contribution in [-0.4, -0.2) is 16.3 Å². The third-order valence-electron chi connectivity index (χ3n) is 3.14. The summed E-state index contributed by atoms with van der Waals surface area (Å²) in [5.74, 6) is 0. The monoisotopic (exact) mass is 283 g/mol. The molecule has 20 heavy (non-hydrogen) atoms. The minimum Gasteiger partial charge on any atom is -0.310 e. The van der Waals surface area contributed by atoms with Gasteiger partial charge in [0.2, 0.25) is 0 Å². The van der Waals surface area contributed by atoms with E-state index in [0.29, 0.717) is 0 Å². The first-order chi connectivity index (χ1) is 9.92. The van der Waals surface area contributed by atoms with Crippen molar-refractivity contribution in [2.45, 2.75) is 13.1 Å². The van der Waals surface area contributed by atoms with Crippen molar-refractivity contribution >= 4 is 11.3 Å². The van der Waals surface area contributed by atoms with Crippen LogP contribution in [0.2, 0.25) is 0 Å². The molecule has 0 fully saturated rings. The minimum absolute atomic E-state index is 0.907. The topological polar surface area (TPSA) is 29.9 Å². The summed E-state index contributed by atoms with van der Waals surface area (Å²) >= 11 is 1.81. The van der Waals surface area contributed by atoms with Gasteiger partial charge in [-0.3, -0.25) is 4.68 Å². The Hall–Kier alpha value is -1.91. The van der Waals surface area contributed by atoms with Gasteiger partial charge in [0.1, 0.15) is 0 Å². The van der Waals surface area contributed by atoms with Crippen LogP contribution < -0.4 is 5.32 Å². The van der Waals surface area contributed by atoms with E-state index in [4.69, 9.17) is 0 Å². The molecular formula is C16H17N3S. The molecule has 2 heterocycles. The number of thiophene rings is 1. The third kappa shape index (κ3) is 3.35. The molecular weight excluding hydrogens is 266 g/mol. The second-order valence-electron chi connectivity index (χ2n) is 4.61. The van der Waals surface area contributed by atoms with Crippen molar-refractivity contribution in [2.75, 3.05) is 6.54 Å². The van der Waals surface area contributed by atoms with Crippen LogP contribution >= 0.6 is 11.3 Å². The maximum Gasteiger partial charge on any atom is 0.0534 e. The van der Waals surface area contributed by atoms with Gasteiger partial charge in [-0.1, -0.05) is 30.3 Å². The lowest BCUT2D eigenvalue weighted by molar-refractivity contribution is 0.557. The quantitative estimate of drug-likeness (QED) is 0.703. The largest absolute Gasteiger partial charge is 0.310 e. The first kappa shape index (κ1) is 13.1. The van der Waals surface area contributed by atoms with Crippen LogP contribution in [0.4, 0.5) is 0 Å². The van der Waals surface area contributed by atoms with Crippen molar-refractivity contribution < 1.29 is 0 Å². The van der Waals surface area contributed by atoms with Crippen LogP contribution in [0.5, 0.6) is 0 Å². The predicted octanol–water partition coefficient (Wildman–Crippen LogP) is 3.40. The van der Waals surface area contributed by atoms with E-state index in [1.165, 1.54) is 16.0 Å². The SMILES string of the molecule is c1ccc(-c2csc(CNCCn3cccn3)c2)cc1. The zero-order valence-electron chi connectivity index (χ0n) is 11.2. The van der Waals surface area contributed by atoms with Crippen molar-refractivity contribution in [3.63, 3.8) is 0 Å². The summed E-state index contributed by atoms with van der Waals surface area (Å²) in [6.45, 7) is 2.75. The molecule has 1 N–H and O–H groups in total. The first-order valence-corrected chi connectivity index (χ1v) is 7.61. The van der Waals surface area contributed by atoms with Crippen molar-refractivity contribution in [3.05, 3.63) is 65.1 Å². The molecule has 0 bridgehead atoms. The van der Waals surface area contributed by atoms with Crippen LogP contribution in [0, 0.1) is 0 Å². The van der Waals surface area contributed by atoms with Gasteiger partial charge in [0.05, 0.1) is 6.54 Å². The molecule has 0 atom stereocenters. The van der Waals surface area contributed by atoms with Crippen molar-refractivity contribution in [3.8, 4) is 11.1 Å². The van der Waals surface area contributed by atoms with E-state index >= 15 is 0 Å². The molecule has 1 aromatic carbocycles. The van der Waals surface area contributed by atoms with E-state index in [2.05, 4.69) is 46.1 Å². The molecule has 0 unspecified atom stereocenters. The maximum atomic E-state index is 4.18. The predicted molar refractivity (Wildman–Crippen MR) is 83.7 cm³/mol. The van der Waals surface area contributed by atoms with E-state index < -0.39 is 0 Å². The zero-order chi connectivity index (χ0) is 13.6.